The molecule has 2 heterocycles. The lowest BCUT2D eigenvalue weighted by molar-refractivity contribution is -0.135. The smallest absolute Gasteiger partial charge is 0.315 e. The van der Waals surface area contributed by atoms with Gasteiger partial charge in [0.2, 0.25) is 11.8 Å². The standard InChI is InChI=1S/C34H49FN8O4/c1-4-43-28(15-16-36-43)31(44)39-30(23-9-7-5-6-8-10-23)32(45)38-27-14-11-24(21-26(27)35)22(2)29(40-34(47)37-25-12-13-25)33(46)42-19-17-41(3)18-20-42/h11,14-16,21-23,25,29-30H,4-10,12-13,17-20H2,1-3H3,(H,38,45)(H,39,44)(H2,37,40,47). The van der Waals surface area contributed by atoms with Crippen molar-refractivity contribution < 1.29 is 23.6 Å². The van der Waals surface area contributed by atoms with E-state index in [-0.39, 0.29) is 23.6 Å². The summed E-state index contributed by atoms with van der Waals surface area (Å²) in [4.78, 5) is 57.4. The predicted octanol–water partition coefficient (Wildman–Crippen LogP) is 3.46. The number of halogens is 1. The summed E-state index contributed by atoms with van der Waals surface area (Å²) in [5, 5.41) is 15.6. The molecule has 1 aliphatic heterocycles. The zero-order valence-electron chi connectivity index (χ0n) is 27.8. The fourth-order valence-corrected chi connectivity index (χ4v) is 6.57. The highest BCUT2D eigenvalue weighted by atomic mass is 19.1. The third kappa shape index (κ3) is 8.88. The SMILES string of the molecule is CCn1nccc1C(=O)NC(C(=O)Nc1ccc(C(C)C(NC(=O)NC2CC2)C(=O)N2CCN(C)CC2)cc1F)C1CCCCCC1. The summed E-state index contributed by atoms with van der Waals surface area (Å²) >= 11 is 0. The summed E-state index contributed by atoms with van der Waals surface area (Å²) < 4.78 is 17.3. The summed E-state index contributed by atoms with van der Waals surface area (Å²) in [6, 6.07) is 4.04. The number of piperazine rings is 1. The maximum atomic E-state index is 15.7. The van der Waals surface area contributed by atoms with Gasteiger partial charge in [-0.15, -0.1) is 0 Å². The van der Waals surface area contributed by atoms with Crippen LogP contribution in [0, 0.1) is 11.7 Å². The van der Waals surface area contributed by atoms with Gasteiger partial charge >= 0.3 is 6.03 Å². The second-order valence-corrected chi connectivity index (χ2v) is 13.3. The number of anilines is 1. The lowest BCUT2D eigenvalue weighted by Gasteiger charge is -2.36. The van der Waals surface area contributed by atoms with Crippen molar-refractivity contribution in [1.82, 2.24) is 35.5 Å². The van der Waals surface area contributed by atoms with E-state index in [0.29, 0.717) is 30.9 Å². The molecule has 2 aliphatic carbocycles. The molecule has 3 fully saturated rings. The van der Waals surface area contributed by atoms with Gasteiger partial charge in [0.1, 0.15) is 23.6 Å². The quantitative estimate of drug-likeness (QED) is 0.274. The largest absolute Gasteiger partial charge is 0.339 e. The Bertz CT molecular complexity index is 1410. The van der Waals surface area contributed by atoms with Gasteiger partial charge in [0.25, 0.3) is 5.91 Å². The molecule has 4 N–H and O–H groups in total. The maximum Gasteiger partial charge on any atom is 0.315 e. The number of aromatic nitrogens is 2. The van der Waals surface area contributed by atoms with E-state index in [4.69, 9.17) is 0 Å². The van der Waals surface area contributed by atoms with Gasteiger partial charge in [-0.2, -0.15) is 5.10 Å². The van der Waals surface area contributed by atoms with E-state index < -0.39 is 41.7 Å². The zero-order chi connectivity index (χ0) is 33.5. The van der Waals surface area contributed by atoms with Gasteiger partial charge < -0.3 is 31.1 Å². The Hall–Kier alpha value is -4.00. The van der Waals surface area contributed by atoms with Crippen LogP contribution in [-0.4, -0.2) is 94.7 Å². The van der Waals surface area contributed by atoms with Gasteiger partial charge in [-0.1, -0.05) is 38.7 Å². The minimum atomic E-state index is -0.900. The minimum absolute atomic E-state index is 0.0150. The van der Waals surface area contributed by atoms with Gasteiger partial charge in [-0.25, -0.2) is 9.18 Å². The molecule has 1 aromatic carbocycles. The molecule has 2 aromatic rings. The normalized spacial score (nSPS) is 19.6. The van der Waals surface area contributed by atoms with Crippen molar-refractivity contribution in [2.24, 2.45) is 5.92 Å². The molecule has 1 aromatic heterocycles. The van der Waals surface area contributed by atoms with Gasteiger partial charge in [0, 0.05) is 50.9 Å². The summed E-state index contributed by atoms with van der Waals surface area (Å²) in [6.07, 6.45) is 9.01. The number of carbonyl (C=O) groups is 4. The number of rotatable bonds is 11. The number of hydrogen-bond donors (Lipinski definition) is 4. The number of nitrogens with zero attached hydrogens (tertiary/aromatic N) is 4. The highest BCUT2D eigenvalue weighted by Gasteiger charge is 2.35. The molecule has 13 heteroatoms. The van der Waals surface area contributed by atoms with Gasteiger partial charge in [-0.05, 0) is 69.3 Å². The Kier molecular flexibility index (Phi) is 11.5. The number of nitrogens with one attached hydrogen (secondary N) is 4. The van der Waals surface area contributed by atoms with Crippen molar-refractivity contribution >= 4 is 29.4 Å². The van der Waals surface area contributed by atoms with E-state index in [9.17, 15) is 19.2 Å². The van der Waals surface area contributed by atoms with Crippen molar-refractivity contribution in [2.75, 3.05) is 38.5 Å². The first-order valence-corrected chi connectivity index (χ1v) is 17.1. The van der Waals surface area contributed by atoms with Crippen molar-refractivity contribution in [2.45, 2.75) is 95.8 Å². The maximum absolute atomic E-state index is 15.7. The molecule has 5 rings (SSSR count). The Labute approximate surface area is 276 Å². The van der Waals surface area contributed by atoms with Crippen LogP contribution in [0.2, 0.25) is 0 Å². The third-order valence-corrected chi connectivity index (χ3v) is 9.75. The molecule has 0 radical (unpaired) electrons. The predicted molar refractivity (Wildman–Crippen MR) is 176 cm³/mol. The van der Waals surface area contributed by atoms with Crippen LogP contribution in [0.5, 0.6) is 0 Å². The topological polar surface area (TPSA) is 141 Å². The van der Waals surface area contributed by atoms with E-state index in [2.05, 4.69) is 31.3 Å². The van der Waals surface area contributed by atoms with Crippen LogP contribution < -0.4 is 21.3 Å². The van der Waals surface area contributed by atoms with E-state index in [1.165, 1.54) is 12.1 Å². The van der Waals surface area contributed by atoms with Crippen LogP contribution in [0.15, 0.2) is 30.5 Å². The Morgan fingerprint density at radius 2 is 1.66 bits per heavy atom. The molecule has 12 nitrogen and oxygen atoms in total. The van der Waals surface area contributed by atoms with E-state index in [1.54, 1.807) is 34.8 Å². The monoisotopic (exact) mass is 652 g/mol. The van der Waals surface area contributed by atoms with Crippen LogP contribution in [0.25, 0.3) is 0 Å². The average molecular weight is 653 g/mol. The minimum Gasteiger partial charge on any atom is -0.339 e. The fraction of sp³-hybridized carbons (Fsp3) is 0.618. The Morgan fingerprint density at radius 3 is 2.30 bits per heavy atom. The Morgan fingerprint density at radius 1 is 0.957 bits per heavy atom. The fourth-order valence-electron chi connectivity index (χ4n) is 6.57. The number of urea groups is 1. The second-order valence-electron chi connectivity index (χ2n) is 13.3. The molecule has 47 heavy (non-hydrogen) atoms. The van der Waals surface area contributed by atoms with E-state index >= 15 is 4.39 Å². The first-order chi connectivity index (χ1) is 22.6. The molecule has 0 bridgehead atoms. The van der Waals surface area contributed by atoms with E-state index in [0.717, 1.165) is 64.5 Å². The van der Waals surface area contributed by atoms with Crippen LogP contribution in [0.3, 0.4) is 0 Å². The number of amides is 5. The molecule has 3 aliphatic rings. The molecule has 3 unspecified atom stereocenters. The molecule has 2 saturated carbocycles. The summed E-state index contributed by atoms with van der Waals surface area (Å²) in [5.41, 5.74) is 0.864. The van der Waals surface area contributed by atoms with E-state index in [1.807, 2.05) is 14.0 Å². The van der Waals surface area contributed by atoms with Gasteiger partial charge in [0.15, 0.2) is 0 Å². The lowest BCUT2D eigenvalue weighted by Crippen LogP contribution is -2.57. The molecule has 5 amide bonds. The van der Waals surface area contributed by atoms with Gasteiger partial charge in [-0.3, -0.25) is 19.1 Å². The highest BCUT2D eigenvalue weighted by molar-refractivity contribution is 6.00. The highest BCUT2D eigenvalue weighted by Crippen LogP contribution is 2.29. The number of hydrogen-bond acceptors (Lipinski definition) is 6. The van der Waals surface area contributed by atoms with Crippen LogP contribution >= 0.6 is 0 Å². The first kappa shape index (κ1) is 34.3. The molecule has 1 saturated heterocycles. The van der Waals surface area contributed by atoms with Crippen LogP contribution in [-0.2, 0) is 16.1 Å². The number of benzene rings is 1. The van der Waals surface area contributed by atoms with Crippen molar-refractivity contribution in [3.05, 3.63) is 47.5 Å². The molecular formula is C34H49FN8O4. The number of aryl methyl sites for hydroxylation is 1. The molecule has 0 spiro atoms. The summed E-state index contributed by atoms with van der Waals surface area (Å²) in [5.74, 6) is -2.38. The molecule has 256 valence electrons. The lowest BCUT2D eigenvalue weighted by atomic mass is 9.90. The number of likely N-dealkylation sites (N-methyl/N-ethyl adjacent to an activating group) is 1. The summed E-state index contributed by atoms with van der Waals surface area (Å²) in [6.45, 7) is 6.74. The number of carbonyl (C=O) groups excluding carboxylic acids is 4. The van der Waals surface area contributed by atoms with Crippen molar-refractivity contribution in [3.63, 3.8) is 0 Å². The van der Waals surface area contributed by atoms with Crippen molar-refractivity contribution in [3.8, 4) is 0 Å². The first-order valence-electron chi connectivity index (χ1n) is 17.1. The summed E-state index contributed by atoms with van der Waals surface area (Å²) in [7, 11) is 2.00. The molecule has 3 atom stereocenters. The van der Waals surface area contributed by atoms with Gasteiger partial charge in [0.05, 0.1) is 5.69 Å². The Balaban J connectivity index is 1.32. The average Bonchev–Trinajstić information content (AvgIpc) is 3.81. The van der Waals surface area contributed by atoms with Crippen LogP contribution in [0.4, 0.5) is 14.9 Å². The zero-order valence-corrected chi connectivity index (χ0v) is 27.8. The van der Waals surface area contributed by atoms with Crippen LogP contribution in [0.1, 0.15) is 87.2 Å². The third-order valence-electron chi connectivity index (χ3n) is 9.75. The molecular weight excluding hydrogens is 603 g/mol. The second kappa shape index (κ2) is 15.7. The van der Waals surface area contributed by atoms with Crippen molar-refractivity contribution in [1.29, 1.82) is 0 Å².